The second kappa shape index (κ2) is 8.21. The Morgan fingerprint density at radius 2 is 2.14 bits per heavy atom. The molecule has 7 heteroatoms. The summed E-state index contributed by atoms with van der Waals surface area (Å²) in [5.41, 5.74) is 0.672. The normalized spacial score (nSPS) is 10.5. The minimum Gasteiger partial charge on any atom is -0.380 e. The number of amides is 1. The highest BCUT2D eigenvalue weighted by Crippen LogP contribution is 2.25. The number of nitro groups is 1. The molecule has 1 rings (SSSR count). The third kappa shape index (κ3) is 5.39. The molecule has 2 N–H and O–H groups in total. The molecule has 0 aliphatic carbocycles. The van der Waals surface area contributed by atoms with Crippen molar-refractivity contribution < 1.29 is 14.5 Å². The van der Waals surface area contributed by atoms with Crippen LogP contribution in [-0.2, 0) is 4.74 Å². The van der Waals surface area contributed by atoms with Crippen LogP contribution in [0.4, 0.5) is 11.4 Å². The van der Waals surface area contributed by atoms with Gasteiger partial charge in [0.1, 0.15) is 5.69 Å². The van der Waals surface area contributed by atoms with Crippen LogP contribution in [0.25, 0.3) is 0 Å². The van der Waals surface area contributed by atoms with Crippen molar-refractivity contribution in [3.8, 4) is 0 Å². The lowest BCUT2D eigenvalue weighted by atomic mass is 10.1. The standard InChI is InChI=1S/C14H21N3O4/c1-4-15-12-9-11(5-6-13(12)17(19)20)14(18)16-7-8-21-10(2)3/h5-6,9-10,15H,4,7-8H2,1-3H3,(H,16,18). The molecule has 0 aromatic heterocycles. The molecule has 1 aromatic rings. The molecule has 0 heterocycles. The summed E-state index contributed by atoms with van der Waals surface area (Å²) >= 11 is 0. The lowest BCUT2D eigenvalue weighted by molar-refractivity contribution is -0.384. The topological polar surface area (TPSA) is 93.5 Å². The van der Waals surface area contributed by atoms with Gasteiger partial charge in [0.15, 0.2) is 0 Å². The predicted molar refractivity (Wildman–Crippen MR) is 80.7 cm³/mol. The second-order valence-corrected chi connectivity index (χ2v) is 4.69. The fraction of sp³-hybridized carbons (Fsp3) is 0.500. The van der Waals surface area contributed by atoms with Gasteiger partial charge in [-0.1, -0.05) is 0 Å². The highest BCUT2D eigenvalue weighted by atomic mass is 16.6. The molecular formula is C14H21N3O4. The lowest BCUT2D eigenvalue weighted by Gasteiger charge is -2.10. The molecular weight excluding hydrogens is 274 g/mol. The second-order valence-electron chi connectivity index (χ2n) is 4.69. The maximum absolute atomic E-state index is 12.0. The quantitative estimate of drug-likeness (QED) is 0.435. The molecule has 7 nitrogen and oxygen atoms in total. The van der Waals surface area contributed by atoms with Crippen LogP contribution < -0.4 is 10.6 Å². The Morgan fingerprint density at radius 3 is 2.71 bits per heavy atom. The third-order valence-corrected chi connectivity index (χ3v) is 2.66. The predicted octanol–water partition coefficient (Wildman–Crippen LogP) is 2.18. The van der Waals surface area contributed by atoms with Crippen LogP contribution in [0.5, 0.6) is 0 Å². The van der Waals surface area contributed by atoms with Crippen molar-refractivity contribution in [1.82, 2.24) is 5.32 Å². The Labute approximate surface area is 123 Å². The van der Waals surface area contributed by atoms with Gasteiger partial charge in [0.05, 0.1) is 17.6 Å². The minimum absolute atomic E-state index is 0.0449. The summed E-state index contributed by atoms with van der Waals surface area (Å²) in [5, 5.41) is 16.5. The van der Waals surface area contributed by atoms with E-state index in [2.05, 4.69) is 10.6 Å². The number of rotatable bonds is 8. The first-order chi connectivity index (χ1) is 9.95. The number of carbonyl (C=O) groups is 1. The van der Waals surface area contributed by atoms with Gasteiger partial charge in [0.25, 0.3) is 11.6 Å². The molecule has 116 valence electrons. The smallest absolute Gasteiger partial charge is 0.292 e. The number of ether oxygens (including phenoxy) is 1. The maximum Gasteiger partial charge on any atom is 0.292 e. The molecule has 0 atom stereocenters. The van der Waals surface area contributed by atoms with Crippen molar-refractivity contribution in [2.24, 2.45) is 0 Å². The highest BCUT2D eigenvalue weighted by Gasteiger charge is 2.16. The van der Waals surface area contributed by atoms with Crippen LogP contribution in [0.3, 0.4) is 0 Å². The van der Waals surface area contributed by atoms with Gasteiger partial charge in [-0.2, -0.15) is 0 Å². The van der Waals surface area contributed by atoms with Crippen molar-refractivity contribution in [1.29, 1.82) is 0 Å². The van der Waals surface area contributed by atoms with Crippen molar-refractivity contribution in [2.75, 3.05) is 25.0 Å². The van der Waals surface area contributed by atoms with Crippen molar-refractivity contribution in [3.63, 3.8) is 0 Å². The van der Waals surface area contributed by atoms with Crippen LogP contribution in [-0.4, -0.2) is 36.6 Å². The number of nitrogens with zero attached hydrogens (tertiary/aromatic N) is 1. The van der Waals surface area contributed by atoms with E-state index in [-0.39, 0.29) is 17.7 Å². The van der Waals surface area contributed by atoms with Gasteiger partial charge in [0, 0.05) is 24.7 Å². The molecule has 0 saturated carbocycles. The summed E-state index contributed by atoms with van der Waals surface area (Å²) in [7, 11) is 0. The molecule has 0 unspecified atom stereocenters. The van der Waals surface area contributed by atoms with Crippen LogP contribution in [0.15, 0.2) is 18.2 Å². The monoisotopic (exact) mass is 295 g/mol. The summed E-state index contributed by atoms with van der Waals surface area (Å²) in [5.74, 6) is -0.281. The largest absolute Gasteiger partial charge is 0.380 e. The number of carbonyl (C=O) groups excluding carboxylic acids is 1. The summed E-state index contributed by atoms with van der Waals surface area (Å²) in [6, 6.07) is 4.26. The fourth-order valence-electron chi connectivity index (χ4n) is 1.73. The van der Waals surface area contributed by atoms with Crippen LogP contribution in [0.2, 0.25) is 0 Å². The molecule has 0 aliphatic rings. The molecule has 0 fully saturated rings. The summed E-state index contributed by atoms with van der Waals surface area (Å²) in [4.78, 5) is 22.4. The highest BCUT2D eigenvalue weighted by molar-refractivity contribution is 5.95. The first-order valence-corrected chi connectivity index (χ1v) is 6.87. The SMILES string of the molecule is CCNc1cc(C(=O)NCCOC(C)C)ccc1[N+](=O)[O-]. The average Bonchev–Trinajstić information content (AvgIpc) is 2.43. The van der Waals surface area contributed by atoms with Crippen LogP contribution >= 0.6 is 0 Å². The van der Waals surface area contributed by atoms with Gasteiger partial charge >= 0.3 is 0 Å². The van der Waals surface area contributed by atoms with Gasteiger partial charge in [-0.3, -0.25) is 14.9 Å². The molecule has 1 amide bonds. The van der Waals surface area contributed by atoms with E-state index < -0.39 is 4.92 Å². The van der Waals surface area contributed by atoms with Gasteiger partial charge in [-0.15, -0.1) is 0 Å². The van der Waals surface area contributed by atoms with E-state index in [0.29, 0.717) is 30.9 Å². The number of benzene rings is 1. The zero-order chi connectivity index (χ0) is 15.8. The molecule has 21 heavy (non-hydrogen) atoms. The summed E-state index contributed by atoms with van der Waals surface area (Å²) < 4.78 is 5.32. The lowest BCUT2D eigenvalue weighted by Crippen LogP contribution is -2.28. The molecule has 0 aliphatic heterocycles. The first kappa shape index (κ1) is 16.9. The Kier molecular flexibility index (Phi) is 6.61. The van der Waals surface area contributed by atoms with E-state index in [1.807, 2.05) is 20.8 Å². The summed E-state index contributed by atoms with van der Waals surface area (Å²) in [6.45, 7) is 7.02. The Balaban J connectivity index is 2.71. The zero-order valence-corrected chi connectivity index (χ0v) is 12.5. The Morgan fingerprint density at radius 1 is 1.43 bits per heavy atom. The van der Waals surface area contributed by atoms with E-state index in [4.69, 9.17) is 4.74 Å². The van der Waals surface area contributed by atoms with Crippen LogP contribution in [0, 0.1) is 10.1 Å². The van der Waals surface area contributed by atoms with E-state index in [0.717, 1.165) is 0 Å². The van der Waals surface area contributed by atoms with Gasteiger partial charge in [-0.05, 0) is 32.9 Å². The number of nitro benzene ring substituents is 1. The molecule has 1 aromatic carbocycles. The number of hydrogen-bond donors (Lipinski definition) is 2. The molecule has 0 bridgehead atoms. The molecule has 0 radical (unpaired) electrons. The van der Waals surface area contributed by atoms with E-state index in [1.165, 1.54) is 18.2 Å². The molecule has 0 spiro atoms. The average molecular weight is 295 g/mol. The maximum atomic E-state index is 12.0. The Hall–Kier alpha value is -2.15. The van der Waals surface area contributed by atoms with Crippen molar-refractivity contribution in [3.05, 3.63) is 33.9 Å². The fourth-order valence-corrected chi connectivity index (χ4v) is 1.73. The number of hydrogen-bond acceptors (Lipinski definition) is 5. The van der Waals surface area contributed by atoms with Gasteiger partial charge < -0.3 is 15.4 Å². The zero-order valence-electron chi connectivity index (χ0n) is 12.5. The number of nitrogens with one attached hydrogen (secondary N) is 2. The summed E-state index contributed by atoms with van der Waals surface area (Å²) in [6.07, 6.45) is 0.113. The van der Waals surface area contributed by atoms with Crippen molar-refractivity contribution >= 4 is 17.3 Å². The van der Waals surface area contributed by atoms with Gasteiger partial charge in [0.2, 0.25) is 0 Å². The number of anilines is 1. The van der Waals surface area contributed by atoms with E-state index in [1.54, 1.807) is 0 Å². The Bertz CT molecular complexity index is 503. The van der Waals surface area contributed by atoms with E-state index in [9.17, 15) is 14.9 Å². The molecule has 0 saturated heterocycles. The van der Waals surface area contributed by atoms with E-state index >= 15 is 0 Å². The third-order valence-electron chi connectivity index (χ3n) is 2.66. The minimum atomic E-state index is -0.476. The first-order valence-electron chi connectivity index (χ1n) is 6.87. The van der Waals surface area contributed by atoms with Gasteiger partial charge in [-0.25, -0.2) is 0 Å². The van der Waals surface area contributed by atoms with Crippen molar-refractivity contribution in [2.45, 2.75) is 26.9 Å². The van der Waals surface area contributed by atoms with Crippen LogP contribution in [0.1, 0.15) is 31.1 Å².